The molecule has 0 fully saturated rings. The quantitative estimate of drug-likeness (QED) is 0.0993. The van der Waals surface area contributed by atoms with Crippen LogP contribution in [0.5, 0.6) is 0 Å². The lowest BCUT2D eigenvalue weighted by Gasteiger charge is -2.27. The molecule has 114 heavy (non-hydrogen) atoms. The fourth-order valence-electron chi connectivity index (χ4n) is 17.5. The Labute approximate surface area is 663 Å². The van der Waals surface area contributed by atoms with E-state index in [-0.39, 0.29) is 0 Å². The highest BCUT2D eigenvalue weighted by molar-refractivity contribution is 6.11. The van der Waals surface area contributed by atoms with Gasteiger partial charge in [-0.1, -0.05) is 322 Å². The summed E-state index contributed by atoms with van der Waals surface area (Å²) in [4.78, 5) is 2.44. The van der Waals surface area contributed by atoms with Crippen molar-refractivity contribution in [3.05, 3.63) is 449 Å². The van der Waals surface area contributed by atoms with Crippen LogP contribution < -0.4 is 4.90 Å². The van der Waals surface area contributed by atoms with Gasteiger partial charge in [0.25, 0.3) is 0 Å². The van der Waals surface area contributed by atoms with Crippen LogP contribution in [-0.2, 0) is 0 Å². The topological polar surface area (TPSA) is 8.17 Å². The van der Waals surface area contributed by atoms with E-state index in [4.69, 9.17) is 0 Å². The Balaban J connectivity index is 0.664. The van der Waals surface area contributed by atoms with Crippen LogP contribution in [-0.4, -0.2) is 4.57 Å². The summed E-state index contributed by atoms with van der Waals surface area (Å²) in [7, 11) is 0. The molecule has 0 unspecified atom stereocenters. The van der Waals surface area contributed by atoms with Gasteiger partial charge in [-0.3, -0.25) is 0 Å². The lowest BCUT2D eigenvalue weighted by atomic mass is 9.89. The Morgan fingerprint density at radius 3 is 0.851 bits per heavy atom. The lowest BCUT2D eigenvalue weighted by molar-refractivity contribution is 1.18. The molecule has 20 aromatic carbocycles. The molecular formula is C112H74N2. The number of para-hydroxylation sites is 1. The van der Waals surface area contributed by atoms with Crippen molar-refractivity contribution in [3.8, 4) is 128 Å². The molecule has 0 aliphatic carbocycles. The molecule has 0 spiro atoms. The van der Waals surface area contributed by atoms with E-state index in [0.717, 1.165) is 61.6 Å². The molecule has 0 saturated heterocycles. The first-order valence-corrected chi connectivity index (χ1v) is 39.3. The number of hydrogen-bond donors (Lipinski definition) is 0. The van der Waals surface area contributed by atoms with Crippen LogP contribution in [0.1, 0.15) is 0 Å². The van der Waals surface area contributed by atoms with Crippen LogP contribution in [0.2, 0.25) is 0 Å². The number of benzene rings is 20. The van der Waals surface area contributed by atoms with E-state index in [2.05, 4.69) is 458 Å². The largest absolute Gasteiger partial charge is 0.310 e. The fraction of sp³-hybridized carbons (Fsp3) is 0. The molecule has 2 heteroatoms. The second-order valence-corrected chi connectivity index (χ2v) is 29.9. The van der Waals surface area contributed by atoms with Crippen molar-refractivity contribution in [3.63, 3.8) is 0 Å². The zero-order chi connectivity index (χ0) is 75.4. The minimum Gasteiger partial charge on any atom is -0.310 e. The van der Waals surface area contributed by atoms with Gasteiger partial charge in [-0.05, 0) is 293 Å². The number of aromatic nitrogens is 1. The average Bonchev–Trinajstić information content (AvgIpc) is 1.58. The molecule has 532 valence electrons. The van der Waals surface area contributed by atoms with Crippen LogP contribution in [0.15, 0.2) is 449 Å². The van der Waals surface area contributed by atoms with Crippen LogP contribution in [0.4, 0.5) is 17.1 Å². The maximum Gasteiger partial charge on any atom is 0.0541 e. The number of rotatable bonds is 15. The Bertz CT molecular complexity index is 6750. The molecule has 0 amide bonds. The van der Waals surface area contributed by atoms with Gasteiger partial charge in [-0.25, -0.2) is 0 Å². The molecule has 2 nitrogen and oxygen atoms in total. The maximum atomic E-state index is 2.44. The molecule has 0 aliphatic heterocycles. The summed E-state index contributed by atoms with van der Waals surface area (Å²) in [6.07, 6.45) is 0. The Hall–Kier alpha value is -15.0. The molecule has 0 aliphatic rings. The first-order chi connectivity index (χ1) is 56.5. The average molecular weight is 1450 g/mol. The van der Waals surface area contributed by atoms with Crippen LogP contribution in [0.25, 0.3) is 193 Å². The van der Waals surface area contributed by atoms with Crippen molar-refractivity contribution < 1.29 is 0 Å². The Morgan fingerprint density at radius 2 is 0.412 bits per heavy atom. The Kier molecular flexibility index (Phi) is 17.0. The van der Waals surface area contributed by atoms with Gasteiger partial charge in [0.2, 0.25) is 0 Å². The second-order valence-electron chi connectivity index (χ2n) is 29.9. The summed E-state index contributed by atoms with van der Waals surface area (Å²) in [6.45, 7) is 0. The maximum absolute atomic E-state index is 2.44. The zero-order valence-electron chi connectivity index (χ0n) is 62.6. The van der Waals surface area contributed by atoms with Crippen LogP contribution >= 0.6 is 0 Å². The summed E-state index contributed by atoms with van der Waals surface area (Å²) >= 11 is 0. The molecule has 21 aromatic rings. The lowest BCUT2D eigenvalue weighted by Crippen LogP contribution is -2.10. The van der Waals surface area contributed by atoms with E-state index >= 15 is 0 Å². The number of anilines is 3. The molecule has 0 radical (unpaired) electrons. The standard InChI is InChI=1S/C112H74N2/c1-3-24-75(25-4-1)88-63-89(76-26-5-2-6-27-76)65-90(64-88)84-37-17-36-83(62-84)87-56-61-112-110(74-87)109-46-15-16-51-111(109)114(112)98-59-54-78(55-60-98)77-52-57-97(58-53-77)113(99-40-18-38-85(72-99)91-66-93(105-47-20-32-79-28-7-11-42-101(79)105)70-94(67-91)106-48-21-33-80-29-8-12-43-102(80)106)100-41-19-39-86(73-100)92-68-95(107-49-22-34-81-30-9-13-44-103(81)107)71-96(69-92)108-50-23-35-82-31-10-14-45-104(82)108/h1-74H. The van der Waals surface area contributed by atoms with Crippen molar-refractivity contribution in [2.24, 2.45) is 0 Å². The third-order valence-electron chi connectivity index (χ3n) is 23.1. The summed E-state index contributed by atoms with van der Waals surface area (Å²) in [5.41, 5.74) is 32.3. The minimum atomic E-state index is 1.04. The third-order valence-corrected chi connectivity index (χ3v) is 23.1. The predicted molar refractivity (Wildman–Crippen MR) is 485 cm³/mol. The molecular weight excluding hydrogens is 1370 g/mol. The van der Waals surface area contributed by atoms with Gasteiger partial charge in [-0.15, -0.1) is 0 Å². The monoisotopic (exact) mass is 1450 g/mol. The summed E-state index contributed by atoms with van der Waals surface area (Å²) in [6, 6.07) is 166. The number of fused-ring (bicyclic) bond motifs is 7. The highest BCUT2D eigenvalue weighted by atomic mass is 15.1. The SMILES string of the molecule is c1ccc(-c2cc(-c3ccccc3)cc(-c3cccc(-c4ccc5c(c4)c4ccccc4n5-c4ccc(-c5ccc(N(c6cccc(-c7cc(-c8cccc9ccccc89)cc(-c8cccc9ccccc89)c7)c6)c6cccc(-c7cc(-c8cccc9ccccc89)cc(-c8cccc9ccccc89)c7)c6)cc5)cc4)c3)c2)cc1. The van der Waals surface area contributed by atoms with E-state index < -0.39 is 0 Å². The van der Waals surface area contributed by atoms with Crippen LogP contribution in [0, 0.1) is 0 Å². The van der Waals surface area contributed by atoms with Crippen molar-refractivity contribution >= 4 is 82.0 Å². The van der Waals surface area contributed by atoms with Crippen molar-refractivity contribution in [1.82, 2.24) is 4.57 Å². The van der Waals surface area contributed by atoms with Gasteiger partial charge in [0.15, 0.2) is 0 Å². The van der Waals surface area contributed by atoms with Gasteiger partial charge in [-0.2, -0.15) is 0 Å². The smallest absolute Gasteiger partial charge is 0.0541 e. The number of nitrogens with zero attached hydrogens (tertiary/aromatic N) is 2. The van der Waals surface area contributed by atoms with Crippen molar-refractivity contribution in [1.29, 1.82) is 0 Å². The molecule has 0 N–H and O–H groups in total. The fourth-order valence-corrected chi connectivity index (χ4v) is 17.5. The van der Waals surface area contributed by atoms with Gasteiger partial charge < -0.3 is 9.47 Å². The highest BCUT2D eigenvalue weighted by Crippen LogP contribution is 2.46. The van der Waals surface area contributed by atoms with Gasteiger partial charge in [0.05, 0.1) is 11.0 Å². The second kappa shape index (κ2) is 28.8. The first kappa shape index (κ1) is 67.2. The third kappa shape index (κ3) is 12.6. The predicted octanol–water partition coefficient (Wildman–Crippen LogP) is 31.2. The van der Waals surface area contributed by atoms with Gasteiger partial charge in [0, 0.05) is 33.5 Å². The van der Waals surface area contributed by atoms with E-state index in [1.807, 2.05) is 0 Å². The Morgan fingerprint density at radius 1 is 0.140 bits per heavy atom. The normalized spacial score (nSPS) is 11.5. The summed E-state index contributed by atoms with van der Waals surface area (Å²) < 4.78 is 2.42. The van der Waals surface area contributed by atoms with Crippen LogP contribution in [0.3, 0.4) is 0 Å². The molecule has 0 saturated carbocycles. The first-order valence-electron chi connectivity index (χ1n) is 39.3. The summed E-state index contributed by atoms with van der Waals surface area (Å²) in [5.74, 6) is 0. The minimum absolute atomic E-state index is 1.04. The van der Waals surface area contributed by atoms with E-state index in [9.17, 15) is 0 Å². The van der Waals surface area contributed by atoms with E-state index in [1.165, 1.54) is 148 Å². The molecule has 21 rings (SSSR count). The van der Waals surface area contributed by atoms with Gasteiger partial charge in [0.1, 0.15) is 0 Å². The number of hydrogen-bond acceptors (Lipinski definition) is 1. The van der Waals surface area contributed by atoms with E-state index in [1.54, 1.807) is 0 Å². The molecule has 1 heterocycles. The molecule has 0 atom stereocenters. The molecule has 0 bridgehead atoms. The highest BCUT2D eigenvalue weighted by Gasteiger charge is 2.21. The van der Waals surface area contributed by atoms with Crippen molar-refractivity contribution in [2.45, 2.75) is 0 Å². The summed E-state index contributed by atoms with van der Waals surface area (Å²) in [5, 5.41) is 12.2. The zero-order valence-corrected chi connectivity index (χ0v) is 62.6. The molecule has 1 aromatic heterocycles. The van der Waals surface area contributed by atoms with Crippen molar-refractivity contribution in [2.75, 3.05) is 4.90 Å². The van der Waals surface area contributed by atoms with Gasteiger partial charge >= 0.3 is 0 Å². The van der Waals surface area contributed by atoms with E-state index in [0.29, 0.717) is 0 Å².